The van der Waals surface area contributed by atoms with Crippen LogP contribution in [-0.4, -0.2) is 12.5 Å². The van der Waals surface area contributed by atoms with Gasteiger partial charge in [0.25, 0.3) is 0 Å². The minimum absolute atomic E-state index is 0.0238. The second-order valence-corrected chi connectivity index (χ2v) is 5.76. The molecule has 0 radical (unpaired) electrons. The van der Waals surface area contributed by atoms with Crippen LogP contribution < -0.4 is 10.6 Å². The molecule has 0 unspecified atom stereocenters. The number of carbonyl (C=O) groups excluding carboxylic acids is 1. The van der Waals surface area contributed by atoms with Gasteiger partial charge in [-0.25, -0.2) is 4.39 Å². The van der Waals surface area contributed by atoms with Crippen molar-refractivity contribution < 1.29 is 9.18 Å². The molecule has 0 aromatic heterocycles. The van der Waals surface area contributed by atoms with Gasteiger partial charge in [-0.05, 0) is 48.9 Å². The molecule has 0 aliphatic heterocycles. The summed E-state index contributed by atoms with van der Waals surface area (Å²) in [5.74, 6) is -0.753. The summed E-state index contributed by atoms with van der Waals surface area (Å²) in [5.41, 5.74) is 2.38. The van der Waals surface area contributed by atoms with Gasteiger partial charge in [0, 0.05) is 15.8 Å². The average Bonchev–Trinajstić information content (AvgIpc) is 2.44. The molecule has 0 aliphatic carbocycles. The third-order valence-electron chi connectivity index (χ3n) is 2.81. The summed E-state index contributed by atoms with van der Waals surface area (Å²) in [6.07, 6.45) is 0. The van der Waals surface area contributed by atoms with Crippen LogP contribution in [0.4, 0.5) is 15.8 Å². The lowest BCUT2D eigenvalue weighted by atomic mass is 10.2. The van der Waals surface area contributed by atoms with Crippen molar-refractivity contribution in [1.29, 1.82) is 0 Å². The summed E-state index contributed by atoms with van der Waals surface area (Å²) in [5, 5.41) is 5.64. The number of rotatable bonds is 4. The van der Waals surface area contributed by atoms with E-state index < -0.39 is 5.82 Å². The first-order valence-corrected chi connectivity index (χ1v) is 7.38. The van der Waals surface area contributed by atoms with Crippen LogP contribution in [0.15, 0.2) is 40.9 Å². The lowest BCUT2D eigenvalue weighted by Crippen LogP contribution is -2.21. The lowest BCUT2D eigenvalue weighted by Gasteiger charge is -2.09. The monoisotopic (exact) mass is 370 g/mol. The first-order valence-electron chi connectivity index (χ1n) is 6.20. The summed E-state index contributed by atoms with van der Waals surface area (Å²) in [6, 6.07) is 9.77. The molecule has 2 aromatic carbocycles. The second-order valence-electron chi connectivity index (χ2n) is 4.49. The molecule has 2 aromatic rings. The summed E-state index contributed by atoms with van der Waals surface area (Å²) in [7, 11) is 0. The van der Waals surface area contributed by atoms with E-state index in [2.05, 4.69) is 26.6 Å². The zero-order valence-electron chi connectivity index (χ0n) is 11.2. The van der Waals surface area contributed by atoms with Crippen LogP contribution in [0.25, 0.3) is 0 Å². The predicted molar refractivity (Wildman–Crippen MR) is 87.4 cm³/mol. The molecule has 0 heterocycles. The molecule has 3 nitrogen and oxygen atoms in total. The SMILES string of the molecule is Cc1cc(NCC(=O)Nc2ccc(F)c(Cl)c2)ccc1Br. The van der Waals surface area contributed by atoms with E-state index in [1.165, 1.54) is 18.2 Å². The van der Waals surface area contributed by atoms with Crippen LogP contribution in [-0.2, 0) is 4.79 Å². The van der Waals surface area contributed by atoms with Gasteiger partial charge >= 0.3 is 0 Å². The van der Waals surface area contributed by atoms with Crippen LogP contribution in [0.5, 0.6) is 0 Å². The topological polar surface area (TPSA) is 41.1 Å². The molecule has 0 saturated carbocycles. The van der Waals surface area contributed by atoms with E-state index in [0.29, 0.717) is 5.69 Å². The molecule has 0 aliphatic rings. The highest BCUT2D eigenvalue weighted by Crippen LogP contribution is 2.20. The maximum atomic E-state index is 13.0. The Kier molecular flexibility index (Phi) is 5.20. The van der Waals surface area contributed by atoms with E-state index in [-0.39, 0.29) is 17.5 Å². The molecule has 21 heavy (non-hydrogen) atoms. The Morgan fingerprint density at radius 1 is 1.24 bits per heavy atom. The first-order chi connectivity index (χ1) is 9.95. The largest absolute Gasteiger partial charge is 0.376 e. The van der Waals surface area contributed by atoms with E-state index in [4.69, 9.17) is 11.6 Å². The van der Waals surface area contributed by atoms with Gasteiger partial charge in [-0.3, -0.25) is 4.79 Å². The molecule has 0 saturated heterocycles. The van der Waals surface area contributed by atoms with Crippen LogP contribution in [0, 0.1) is 12.7 Å². The molecule has 0 fully saturated rings. The molecular weight excluding hydrogens is 359 g/mol. The quantitative estimate of drug-likeness (QED) is 0.824. The second kappa shape index (κ2) is 6.91. The minimum Gasteiger partial charge on any atom is -0.376 e. The first kappa shape index (κ1) is 15.8. The minimum atomic E-state index is -0.516. The molecule has 110 valence electrons. The van der Waals surface area contributed by atoms with Crippen LogP contribution in [0.2, 0.25) is 5.02 Å². The number of nitrogens with one attached hydrogen (secondary N) is 2. The zero-order valence-corrected chi connectivity index (χ0v) is 13.6. The van der Waals surface area contributed by atoms with Crippen molar-refractivity contribution in [1.82, 2.24) is 0 Å². The van der Waals surface area contributed by atoms with Crippen molar-refractivity contribution in [3.8, 4) is 0 Å². The molecular formula is C15H13BrClFN2O. The van der Waals surface area contributed by atoms with Gasteiger partial charge in [-0.15, -0.1) is 0 Å². The number of hydrogen-bond donors (Lipinski definition) is 2. The highest BCUT2D eigenvalue weighted by Gasteiger charge is 2.05. The molecule has 1 amide bonds. The average molecular weight is 372 g/mol. The molecule has 2 rings (SSSR count). The molecule has 0 atom stereocenters. The van der Waals surface area contributed by atoms with Gasteiger partial charge in [0.1, 0.15) is 5.82 Å². The normalized spacial score (nSPS) is 10.3. The Hall–Kier alpha value is -1.59. The van der Waals surface area contributed by atoms with Gasteiger partial charge in [-0.1, -0.05) is 27.5 Å². The number of aryl methyl sites for hydroxylation is 1. The Morgan fingerprint density at radius 2 is 1.95 bits per heavy atom. The highest BCUT2D eigenvalue weighted by molar-refractivity contribution is 9.10. The maximum absolute atomic E-state index is 13.0. The van der Waals surface area contributed by atoms with E-state index in [0.717, 1.165) is 15.7 Å². The summed E-state index contributed by atoms with van der Waals surface area (Å²) in [4.78, 5) is 11.8. The predicted octanol–water partition coefficient (Wildman–Crippen LogP) is 4.60. The smallest absolute Gasteiger partial charge is 0.243 e. The Labute approximate surface area is 135 Å². The van der Waals surface area contributed by atoms with Gasteiger partial charge in [-0.2, -0.15) is 0 Å². The fraction of sp³-hybridized carbons (Fsp3) is 0.133. The fourth-order valence-corrected chi connectivity index (χ4v) is 2.14. The lowest BCUT2D eigenvalue weighted by molar-refractivity contribution is -0.114. The Balaban J connectivity index is 1.92. The summed E-state index contributed by atoms with van der Waals surface area (Å²) in [6.45, 7) is 2.08. The van der Waals surface area contributed by atoms with Crippen LogP contribution in [0.1, 0.15) is 5.56 Å². The van der Waals surface area contributed by atoms with Gasteiger partial charge in [0.2, 0.25) is 5.91 Å². The number of amides is 1. The third-order valence-corrected chi connectivity index (χ3v) is 3.99. The van der Waals surface area contributed by atoms with Gasteiger partial charge in [0.05, 0.1) is 11.6 Å². The van der Waals surface area contributed by atoms with Crippen molar-refractivity contribution in [3.63, 3.8) is 0 Å². The molecule has 2 N–H and O–H groups in total. The van der Waals surface area contributed by atoms with Crippen molar-refractivity contribution in [2.24, 2.45) is 0 Å². The van der Waals surface area contributed by atoms with Crippen molar-refractivity contribution in [2.75, 3.05) is 17.2 Å². The van der Waals surface area contributed by atoms with Gasteiger partial charge < -0.3 is 10.6 Å². The molecule has 0 spiro atoms. The maximum Gasteiger partial charge on any atom is 0.243 e. The summed E-state index contributed by atoms with van der Waals surface area (Å²) < 4.78 is 14.0. The third kappa shape index (κ3) is 4.44. The number of anilines is 2. The standard InChI is InChI=1S/C15H13BrClFN2O/c1-9-6-10(2-4-12(9)16)19-8-15(21)20-11-3-5-14(18)13(17)7-11/h2-7,19H,8H2,1H3,(H,20,21). The Bertz CT molecular complexity index is 679. The number of hydrogen-bond acceptors (Lipinski definition) is 2. The Morgan fingerprint density at radius 3 is 2.62 bits per heavy atom. The number of benzene rings is 2. The summed E-state index contributed by atoms with van der Waals surface area (Å²) >= 11 is 9.07. The van der Waals surface area contributed by atoms with E-state index in [9.17, 15) is 9.18 Å². The van der Waals surface area contributed by atoms with Crippen LogP contribution in [0.3, 0.4) is 0 Å². The van der Waals surface area contributed by atoms with Crippen molar-refractivity contribution in [3.05, 3.63) is 57.3 Å². The van der Waals surface area contributed by atoms with E-state index in [1.54, 1.807) is 0 Å². The van der Waals surface area contributed by atoms with Gasteiger partial charge in [0.15, 0.2) is 0 Å². The molecule has 0 bridgehead atoms. The fourth-order valence-electron chi connectivity index (χ4n) is 1.72. The van der Waals surface area contributed by atoms with Crippen molar-refractivity contribution >= 4 is 44.8 Å². The molecule has 6 heteroatoms. The highest BCUT2D eigenvalue weighted by atomic mass is 79.9. The van der Waals surface area contributed by atoms with Crippen molar-refractivity contribution in [2.45, 2.75) is 6.92 Å². The van der Waals surface area contributed by atoms with E-state index >= 15 is 0 Å². The zero-order chi connectivity index (χ0) is 15.4. The number of carbonyl (C=O) groups is 1. The van der Waals surface area contributed by atoms with Crippen LogP contribution >= 0.6 is 27.5 Å². The van der Waals surface area contributed by atoms with E-state index in [1.807, 2.05) is 25.1 Å². The number of halogens is 3.